The highest BCUT2D eigenvalue weighted by molar-refractivity contribution is 6.26. The Bertz CT molecular complexity index is 3830. The summed E-state index contributed by atoms with van der Waals surface area (Å²) in [6.07, 6.45) is 0. The van der Waals surface area contributed by atoms with Crippen LogP contribution in [0.5, 0.6) is 0 Å². The summed E-state index contributed by atoms with van der Waals surface area (Å²) >= 11 is 0. The Morgan fingerprint density at radius 3 is 1.32 bits per heavy atom. The van der Waals surface area contributed by atoms with Crippen LogP contribution in [0.4, 0.5) is 0 Å². The van der Waals surface area contributed by atoms with Crippen LogP contribution in [0.2, 0.25) is 0 Å². The van der Waals surface area contributed by atoms with Crippen molar-refractivity contribution in [1.82, 2.24) is 24.1 Å². The topological polar surface area (TPSA) is 48.5 Å². The zero-order valence-electron chi connectivity index (χ0n) is 33.4. The third kappa shape index (κ3) is 5.12. The van der Waals surface area contributed by atoms with Gasteiger partial charge in [0.1, 0.15) is 0 Å². The van der Waals surface area contributed by atoms with Crippen molar-refractivity contribution < 1.29 is 0 Å². The average Bonchev–Trinajstić information content (AvgIpc) is 3.88. The maximum absolute atomic E-state index is 5.29. The van der Waals surface area contributed by atoms with Crippen molar-refractivity contribution in [2.75, 3.05) is 0 Å². The predicted molar refractivity (Wildman–Crippen MR) is 257 cm³/mol. The lowest BCUT2D eigenvalue weighted by atomic mass is 9.91. The minimum absolute atomic E-state index is 0.561. The third-order valence-corrected chi connectivity index (χ3v) is 12.6. The Hall–Kier alpha value is -8.41. The van der Waals surface area contributed by atoms with E-state index in [1.54, 1.807) is 0 Å². The molecule has 3 heterocycles. The second-order valence-corrected chi connectivity index (χ2v) is 15.9. The Morgan fingerprint density at radius 1 is 0.274 bits per heavy atom. The third-order valence-electron chi connectivity index (χ3n) is 12.6. The van der Waals surface area contributed by atoms with Gasteiger partial charge in [-0.05, 0) is 62.1 Å². The molecule has 288 valence electrons. The van der Waals surface area contributed by atoms with Crippen molar-refractivity contribution >= 4 is 75.9 Å². The number of benzene rings is 10. The van der Waals surface area contributed by atoms with Crippen LogP contribution < -0.4 is 0 Å². The molecular formula is C57H35N5. The molecule has 0 atom stereocenters. The molecule has 3 aromatic heterocycles. The maximum atomic E-state index is 5.29. The second-order valence-electron chi connectivity index (χ2n) is 15.9. The molecule has 0 saturated carbocycles. The second kappa shape index (κ2) is 13.6. The number of aromatic nitrogens is 5. The number of hydrogen-bond acceptors (Lipinski definition) is 3. The summed E-state index contributed by atoms with van der Waals surface area (Å²) in [6.45, 7) is 0. The van der Waals surface area contributed by atoms with E-state index in [9.17, 15) is 0 Å². The van der Waals surface area contributed by atoms with E-state index in [0.29, 0.717) is 17.6 Å². The van der Waals surface area contributed by atoms with Gasteiger partial charge < -0.3 is 4.57 Å². The number of rotatable bonds is 5. The first-order valence-electron chi connectivity index (χ1n) is 21.0. The lowest BCUT2D eigenvalue weighted by Gasteiger charge is -2.16. The van der Waals surface area contributed by atoms with E-state index in [4.69, 9.17) is 15.0 Å². The summed E-state index contributed by atoms with van der Waals surface area (Å²) < 4.78 is 4.72. The molecule has 10 aromatic carbocycles. The van der Waals surface area contributed by atoms with Crippen LogP contribution in [0.25, 0.3) is 121 Å². The number of hydrogen-bond donors (Lipinski definition) is 0. The van der Waals surface area contributed by atoms with E-state index in [0.717, 1.165) is 60.8 Å². The van der Waals surface area contributed by atoms with E-state index in [1.807, 2.05) is 36.4 Å². The van der Waals surface area contributed by atoms with Crippen LogP contribution in [0.3, 0.4) is 0 Å². The van der Waals surface area contributed by atoms with Crippen LogP contribution >= 0.6 is 0 Å². The molecule has 13 rings (SSSR count). The summed E-state index contributed by atoms with van der Waals surface area (Å²) in [7, 11) is 0. The molecule has 0 unspecified atom stereocenters. The fourth-order valence-electron chi connectivity index (χ4n) is 9.86. The summed E-state index contributed by atoms with van der Waals surface area (Å²) in [5.41, 5.74) is 9.54. The standard InChI is InChI=1S/C57H35N5/c1-3-17-36(18-4-1)55-58-56(37-19-5-2-6-20-37)60-57(59-55)62-51-31-14-12-26-46(51)48-29-16-32-52(54(48)62)61-50-30-13-11-25-45(50)47-28-15-27-39(53(47)61)38-33-34-44-42-23-8-7-21-40(42)41-22-9-10-24-43(41)49(44)35-38/h1-35H. The van der Waals surface area contributed by atoms with Gasteiger partial charge in [0.2, 0.25) is 5.95 Å². The van der Waals surface area contributed by atoms with Crippen molar-refractivity contribution in [2.45, 2.75) is 0 Å². The molecule has 5 nitrogen and oxygen atoms in total. The smallest absolute Gasteiger partial charge is 0.238 e. The Balaban J connectivity index is 1.14. The van der Waals surface area contributed by atoms with Gasteiger partial charge in [0.15, 0.2) is 11.6 Å². The van der Waals surface area contributed by atoms with E-state index in [-0.39, 0.29) is 0 Å². The van der Waals surface area contributed by atoms with E-state index in [1.165, 1.54) is 43.1 Å². The number of fused-ring (bicyclic) bond motifs is 12. The highest BCUT2D eigenvalue weighted by Crippen LogP contribution is 2.44. The molecule has 62 heavy (non-hydrogen) atoms. The van der Waals surface area contributed by atoms with Crippen LogP contribution in [0.1, 0.15) is 0 Å². The zero-order chi connectivity index (χ0) is 40.7. The van der Waals surface area contributed by atoms with Crippen molar-refractivity contribution in [3.8, 4) is 45.5 Å². The van der Waals surface area contributed by atoms with Gasteiger partial charge in [-0.15, -0.1) is 0 Å². The molecule has 0 bridgehead atoms. The minimum atomic E-state index is 0.561. The predicted octanol–water partition coefficient (Wildman–Crippen LogP) is 14.5. The quantitative estimate of drug-likeness (QED) is 0.163. The first-order chi connectivity index (χ1) is 30.8. The SMILES string of the molecule is c1ccc(-c2nc(-c3ccccc3)nc(-n3c4ccccc4c4cccc(-n5c6ccccc6c6cccc(-c7ccc8c9ccccc9c9ccccc9c8c7)c65)c43)n2)cc1. The fourth-order valence-corrected chi connectivity index (χ4v) is 9.86. The van der Waals surface area contributed by atoms with Gasteiger partial charge in [-0.1, -0.05) is 188 Å². The van der Waals surface area contributed by atoms with Gasteiger partial charge in [-0.25, -0.2) is 4.98 Å². The molecular weight excluding hydrogens is 755 g/mol. The van der Waals surface area contributed by atoms with Gasteiger partial charge in [0.25, 0.3) is 0 Å². The van der Waals surface area contributed by atoms with E-state index >= 15 is 0 Å². The molecule has 0 aliphatic heterocycles. The maximum Gasteiger partial charge on any atom is 0.238 e. The monoisotopic (exact) mass is 789 g/mol. The lowest BCUT2D eigenvalue weighted by molar-refractivity contribution is 0.950. The Kier molecular flexibility index (Phi) is 7.54. The van der Waals surface area contributed by atoms with Gasteiger partial charge >= 0.3 is 0 Å². The summed E-state index contributed by atoms with van der Waals surface area (Å²) in [5.74, 6) is 1.80. The molecule has 0 amide bonds. The minimum Gasteiger partial charge on any atom is -0.306 e. The largest absolute Gasteiger partial charge is 0.306 e. The molecule has 13 aromatic rings. The van der Waals surface area contributed by atoms with Gasteiger partial charge in [0.05, 0.1) is 27.8 Å². The first-order valence-corrected chi connectivity index (χ1v) is 21.0. The molecule has 0 aliphatic rings. The molecule has 5 heteroatoms. The summed E-state index contributed by atoms with van der Waals surface area (Å²) in [5, 5.41) is 12.2. The molecule has 0 N–H and O–H groups in total. The zero-order valence-corrected chi connectivity index (χ0v) is 33.4. The number of nitrogens with zero attached hydrogens (tertiary/aromatic N) is 5. The summed E-state index contributed by atoms with van der Waals surface area (Å²) in [6, 6.07) is 75.8. The van der Waals surface area contributed by atoms with Gasteiger partial charge in [-0.2, -0.15) is 9.97 Å². The normalized spacial score (nSPS) is 11.9. The fraction of sp³-hybridized carbons (Fsp3) is 0. The first kappa shape index (κ1) is 34.5. The van der Waals surface area contributed by atoms with Crippen molar-refractivity contribution in [1.29, 1.82) is 0 Å². The molecule has 0 spiro atoms. The molecule has 0 fully saturated rings. The highest BCUT2D eigenvalue weighted by Gasteiger charge is 2.24. The van der Waals surface area contributed by atoms with Crippen LogP contribution in [-0.4, -0.2) is 24.1 Å². The van der Waals surface area contributed by atoms with Crippen molar-refractivity contribution in [2.24, 2.45) is 0 Å². The van der Waals surface area contributed by atoms with Crippen molar-refractivity contribution in [3.63, 3.8) is 0 Å². The Morgan fingerprint density at radius 2 is 0.726 bits per heavy atom. The molecule has 0 aliphatic carbocycles. The Labute approximate surface area is 356 Å². The van der Waals surface area contributed by atoms with Crippen LogP contribution in [0, 0.1) is 0 Å². The lowest BCUT2D eigenvalue weighted by Crippen LogP contribution is -2.08. The molecule has 0 saturated heterocycles. The van der Waals surface area contributed by atoms with Crippen LogP contribution in [-0.2, 0) is 0 Å². The van der Waals surface area contributed by atoms with E-state index < -0.39 is 0 Å². The van der Waals surface area contributed by atoms with Crippen LogP contribution in [0.15, 0.2) is 212 Å². The van der Waals surface area contributed by atoms with Gasteiger partial charge in [-0.3, -0.25) is 4.57 Å². The molecule has 0 radical (unpaired) electrons. The highest BCUT2D eigenvalue weighted by atomic mass is 15.2. The number of para-hydroxylation sites is 4. The average molecular weight is 790 g/mol. The summed E-state index contributed by atoms with van der Waals surface area (Å²) in [4.78, 5) is 15.6. The van der Waals surface area contributed by atoms with E-state index in [2.05, 4.69) is 185 Å². The van der Waals surface area contributed by atoms with Gasteiger partial charge in [0, 0.05) is 38.2 Å². The van der Waals surface area contributed by atoms with Crippen molar-refractivity contribution in [3.05, 3.63) is 212 Å².